The number of benzene rings is 2. The van der Waals surface area contributed by atoms with E-state index in [0.29, 0.717) is 18.7 Å². The summed E-state index contributed by atoms with van der Waals surface area (Å²) in [6.45, 7) is 3.93. The van der Waals surface area contributed by atoms with Crippen molar-refractivity contribution in [3.05, 3.63) is 59.1 Å². The van der Waals surface area contributed by atoms with Gasteiger partial charge in [-0.3, -0.25) is 13.9 Å². The lowest BCUT2D eigenvalue weighted by molar-refractivity contribution is -0.140. The van der Waals surface area contributed by atoms with E-state index in [9.17, 15) is 18.0 Å². The molecule has 0 heterocycles. The number of carbonyl (C=O) groups is 2. The summed E-state index contributed by atoms with van der Waals surface area (Å²) in [6.07, 6.45) is 2.15. The number of nitrogens with one attached hydrogen (secondary N) is 1. The Morgan fingerprint density at radius 2 is 1.79 bits per heavy atom. The van der Waals surface area contributed by atoms with Crippen LogP contribution in [0.3, 0.4) is 0 Å². The number of methoxy groups -OCH3 is 1. The van der Waals surface area contributed by atoms with Gasteiger partial charge >= 0.3 is 0 Å². The highest BCUT2D eigenvalue weighted by Crippen LogP contribution is 2.30. The molecule has 0 saturated carbocycles. The third kappa shape index (κ3) is 7.36. The van der Waals surface area contributed by atoms with E-state index in [1.807, 2.05) is 44.2 Å². The molecule has 34 heavy (non-hydrogen) atoms. The molecule has 2 rings (SSSR count). The Morgan fingerprint density at radius 1 is 1.12 bits per heavy atom. The van der Waals surface area contributed by atoms with E-state index in [-0.39, 0.29) is 23.2 Å². The number of ether oxygens (including phenoxy) is 1. The molecular formula is C24H32ClN3O5S. The molecule has 2 amide bonds. The third-order valence-corrected chi connectivity index (χ3v) is 6.67. The van der Waals surface area contributed by atoms with Crippen LogP contribution < -0.4 is 14.4 Å². The monoisotopic (exact) mass is 509 g/mol. The van der Waals surface area contributed by atoms with Crippen molar-refractivity contribution in [1.82, 2.24) is 10.2 Å². The second kappa shape index (κ2) is 12.6. The quantitative estimate of drug-likeness (QED) is 0.472. The summed E-state index contributed by atoms with van der Waals surface area (Å²) in [5.41, 5.74) is 1.06. The molecule has 2 aromatic carbocycles. The predicted molar refractivity (Wildman–Crippen MR) is 135 cm³/mol. The standard InChI is InChI=1S/C24H32ClN3O5S/c1-5-14-26-24(30)21(6-2)27(16-18-10-8-7-9-11-18)23(29)17-28(34(4,31)32)19-12-13-22(33-3)20(25)15-19/h7-13,15,21H,5-6,14,16-17H2,1-4H3,(H,26,30)/t21-/m0/s1. The molecule has 8 nitrogen and oxygen atoms in total. The van der Waals surface area contributed by atoms with Crippen molar-refractivity contribution >= 4 is 39.1 Å². The van der Waals surface area contributed by atoms with Crippen molar-refractivity contribution < 1.29 is 22.7 Å². The summed E-state index contributed by atoms with van der Waals surface area (Å²) in [6, 6.07) is 13.0. The van der Waals surface area contributed by atoms with Gasteiger partial charge in [0.05, 0.1) is 24.1 Å². The molecule has 0 unspecified atom stereocenters. The van der Waals surface area contributed by atoms with E-state index in [0.717, 1.165) is 22.5 Å². The first-order valence-corrected chi connectivity index (χ1v) is 13.3. The Kier molecular flexibility index (Phi) is 10.2. The molecular weight excluding hydrogens is 478 g/mol. The largest absolute Gasteiger partial charge is 0.495 e. The fourth-order valence-electron chi connectivity index (χ4n) is 3.49. The molecule has 0 aliphatic rings. The molecule has 0 aliphatic carbocycles. The maximum Gasteiger partial charge on any atom is 0.244 e. The Balaban J connectivity index is 2.42. The lowest BCUT2D eigenvalue weighted by Gasteiger charge is -2.33. The molecule has 0 saturated heterocycles. The van der Waals surface area contributed by atoms with Gasteiger partial charge in [0.2, 0.25) is 21.8 Å². The zero-order valence-electron chi connectivity index (χ0n) is 20.0. The molecule has 1 atom stereocenters. The summed E-state index contributed by atoms with van der Waals surface area (Å²) in [5.74, 6) is -0.388. The molecule has 10 heteroatoms. The Labute approximate surface area is 206 Å². The Bertz CT molecular complexity index is 1080. The third-order valence-electron chi connectivity index (χ3n) is 5.23. The van der Waals surface area contributed by atoms with Gasteiger partial charge in [0.1, 0.15) is 18.3 Å². The van der Waals surface area contributed by atoms with Gasteiger partial charge in [-0.15, -0.1) is 0 Å². The lowest BCUT2D eigenvalue weighted by Crippen LogP contribution is -2.52. The van der Waals surface area contributed by atoms with Crippen LogP contribution in [0, 0.1) is 0 Å². The van der Waals surface area contributed by atoms with Gasteiger partial charge in [-0.05, 0) is 36.6 Å². The molecule has 2 aromatic rings. The van der Waals surface area contributed by atoms with Crippen LogP contribution in [0.15, 0.2) is 48.5 Å². The SMILES string of the molecule is CCCNC(=O)[C@H](CC)N(Cc1ccccc1)C(=O)CN(c1ccc(OC)c(Cl)c1)S(C)(=O)=O. The van der Waals surface area contributed by atoms with Crippen molar-refractivity contribution in [3.8, 4) is 5.75 Å². The van der Waals surface area contributed by atoms with E-state index in [2.05, 4.69) is 5.32 Å². The van der Waals surface area contributed by atoms with Crippen LogP contribution in [0.4, 0.5) is 5.69 Å². The second-order valence-corrected chi connectivity index (χ2v) is 10.1. The first-order chi connectivity index (χ1) is 16.1. The number of nitrogens with zero attached hydrogens (tertiary/aromatic N) is 2. The number of sulfonamides is 1. The number of amides is 2. The highest BCUT2D eigenvalue weighted by Gasteiger charge is 2.31. The minimum atomic E-state index is -3.84. The molecule has 0 aromatic heterocycles. The highest BCUT2D eigenvalue weighted by molar-refractivity contribution is 7.92. The van der Waals surface area contributed by atoms with Gasteiger partial charge in [0.15, 0.2) is 0 Å². The van der Waals surface area contributed by atoms with Crippen LogP contribution in [0.25, 0.3) is 0 Å². The fourth-order valence-corrected chi connectivity index (χ4v) is 4.58. The normalized spacial score (nSPS) is 12.0. The first-order valence-electron chi connectivity index (χ1n) is 11.0. The number of rotatable bonds is 12. The summed E-state index contributed by atoms with van der Waals surface area (Å²) in [5, 5.41) is 3.06. The molecule has 0 spiro atoms. The average molecular weight is 510 g/mol. The molecule has 186 valence electrons. The van der Waals surface area contributed by atoms with Crippen LogP contribution >= 0.6 is 11.6 Å². The topological polar surface area (TPSA) is 96.0 Å². The summed E-state index contributed by atoms with van der Waals surface area (Å²) >= 11 is 6.20. The van der Waals surface area contributed by atoms with Crippen molar-refractivity contribution in [2.75, 3.05) is 30.8 Å². The smallest absolute Gasteiger partial charge is 0.244 e. The van der Waals surface area contributed by atoms with Crippen molar-refractivity contribution in [1.29, 1.82) is 0 Å². The van der Waals surface area contributed by atoms with Crippen LogP contribution in [0.2, 0.25) is 5.02 Å². The van der Waals surface area contributed by atoms with Crippen LogP contribution in [0.5, 0.6) is 5.75 Å². The van der Waals surface area contributed by atoms with Gasteiger partial charge in [-0.2, -0.15) is 0 Å². The first kappa shape index (κ1) is 27.5. The zero-order chi connectivity index (χ0) is 25.3. The van der Waals surface area contributed by atoms with E-state index in [4.69, 9.17) is 16.3 Å². The number of halogens is 1. The van der Waals surface area contributed by atoms with E-state index in [1.165, 1.54) is 30.2 Å². The maximum absolute atomic E-state index is 13.5. The number of carbonyl (C=O) groups excluding carboxylic acids is 2. The minimum absolute atomic E-state index is 0.165. The van der Waals surface area contributed by atoms with Crippen molar-refractivity contribution in [2.45, 2.75) is 39.3 Å². The summed E-state index contributed by atoms with van der Waals surface area (Å²) < 4.78 is 31.4. The zero-order valence-corrected chi connectivity index (χ0v) is 21.5. The maximum atomic E-state index is 13.5. The molecule has 0 fully saturated rings. The van der Waals surface area contributed by atoms with Crippen molar-refractivity contribution in [2.24, 2.45) is 0 Å². The number of hydrogen-bond acceptors (Lipinski definition) is 5. The van der Waals surface area contributed by atoms with Crippen LogP contribution in [-0.4, -0.2) is 57.6 Å². The van der Waals surface area contributed by atoms with E-state index < -0.39 is 28.5 Å². The van der Waals surface area contributed by atoms with E-state index in [1.54, 1.807) is 0 Å². The van der Waals surface area contributed by atoms with Gasteiger partial charge in [0.25, 0.3) is 0 Å². The van der Waals surface area contributed by atoms with Gasteiger partial charge in [-0.1, -0.05) is 55.8 Å². The summed E-state index contributed by atoms with van der Waals surface area (Å²) in [7, 11) is -2.38. The van der Waals surface area contributed by atoms with Crippen LogP contribution in [0.1, 0.15) is 32.3 Å². The number of anilines is 1. The lowest BCUT2D eigenvalue weighted by atomic mass is 10.1. The fraction of sp³-hybridized carbons (Fsp3) is 0.417. The van der Waals surface area contributed by atoms with Crippen molar-refractivity contribution in [3.63, 3.8) is 0 Å². The Hall–Kier alpha value is -2.78. The van der Waals surface area contributed by atoms with Crippen LogP contribution in [-0.2, 0) is 26.2 Å². The Morgan fingerprint density at radius 3 is 2.32 bits per heavy atom. The second-order valence-electron chi connectivity index (χ2n) is 7.81. The van der Waals surface area contributed by atoms with Gasteiger partial charge in [0, 0.05) is 13.1 Å². The molecule has 1 N–H and O–H groups in total. The molecule has 0 radical (unpaired) electrons. The molecule has 0 aliphatic heterocycles. The van der Waals surface area contributed by atoms with Gasteiger partial charge in [-0.25, -0.2) is 8.42 Å². The average Bonchev–Trinajstić information content (AvgIpc) is 2.80. The molecule has 0 bridgehead atoms. The van der Waals surface area contributed by atoms with Gasteiger partial charge < -0.3 is 15.0 Å². The highest BCUT2D eigenvalue weighted by atomic mass is 35.5. The van der Waals surface area contributed by atoms with E-state index >= 15 is 0 Å². The number of hydrogen-bond donors (Lipinski definition) is 1. The minimum Gasteiger partial charge on any atom is -0.495 e. The summed E-state index contributed by atoms with van der Waals surface area (Å²) in [4.78, 5) is 27.8. The predicted octanol–water partition coefficient (Wildman–Crippen LogP) is 3.45.